The molecule has 0 aliphatic heterocycles. The van der Waals surface area contributed by atoms with Gasteiger partial charge in [-0.1, -0.05) is 13.8 Å². The summed E-state index contributed by atoms with van der Waals surface area (Å²) in [7, 11) is 0. The van der Waals surface area contributed by atoms with Gasteiger partial charge in [-0.3, -0.25) is 0 Å². The predicted molar refractivity (Wildman–Crippen MR) is 88.5 cm³/mol. The van der Waals surface area contributed by atoms with Gasteiger partial charge < -0.3 is 10.2 Å². The monoisotopic (exact) mass is 292 g/mol. The molecule has 0 radical (unpaired) electrons. The fourth-order valence-corrected chi connectivity index (χ4v) is 2.91. The van der Waals surface area contributed by atoms with Gasteiger partial charge in [-0.2, -0.15) is 0 Å². The standard InChI is InChI=1S/C18H29FN2/c1-5-9-21(12-15-7-8-15)18-10-13(3)17(19)11-16(18)14(4)20-6-2/h10-11,14-15,20H,5-9,12H2,1-4H3. The first-order valence-corrected chi connectivity index (χ1v) is 8.35. The van der Waals surface area contributed by atoms with Gasteiger partial charge in [0.2, 0.25) is 0 Å². The molecular weight excluding hydrogens is 263 g/mol. The molecule has 3 heteroatoms. The van der Waals surface area contributed by atoms with Crippen molar-refractivity contribution in [2.75, 3.05) is 24.5 Å². The van der Waals surface area contributed by atoms with E-state index in [-0.39, 0.29) is 11.9 Å². The first-order valence-electron chi connectivity index (χ1n) is 8.35. The zero-order valence-corrected chi connectivity index (χ0v) is 13.9. The number of benzene rings is 1. The van der Waals surface area contributed by atoms with Crippen molar-refractivity contribution in [2.24, 2.45) is 5.92 Å². The SMILES string of the molecule is CCCN(CC1CC1)c1cc(C)c(F)cc1C(C)NCC. The molecular formula is C18H29FN2. The predicted octanol–water partition coefficient (Wildman–Crippen LogP) is 4.43. The molecule has 1 fully saturated rings. The van der Waals surface area contributed by atoms with E-state index in [1.165, 1.54) is 18.5 Å². The van der Waals surface area contributed by atoms with Crippen LogP contribution in [0.3, 0.4) is 0 Å². The number of aryl methyl sites for hydroxylation is 1. The molecule has 1 atom stereocenters. The third kappa shape index (κ3) is 4.19. The quantitative estimate of drug-likeness (QED) is 0.762. The molecule has 1 aromatic rings. The summed E-state index contributed by atoms with van der Waals surface area (Å²) in [6.07, 6.45) is 3.81. The maximum atomic E-state index is 14.0. The Labute approximate surface area is 128 Å². The molecule has 0 spiro atoms. The molecule has 1 saturated carbocycles. The van der Waals surface area contributed by atoms with Gasteiger partial charge in [0.15, 0.2) is 0 Å². The van der Waals surface area contributed by atoms with Gasteiger partial charge in [0, 0.05) is 24.8 Å². The van der Waals surface area contributed by atoms with Crippen LogP contribution in [0.4, 0.5) is 10.1 Å². The van der Waals surface area contributed by atoms with Gasteiger partial charge in [0.1, 0.15) is 5.82 Å². The maximum Gasteiger partial charge on any atom is 0.126 e. The van der Waals surface area contributed by atoms with Crippen molar-refractivity contribution in [3.63, 3.8) is 0 Å². The summed E-state index contributed by atoms with van der Waals surface area (Å²) < 4.78 is 14.0. The van der Waals surface area contributed by atoms with Crippen molar-refractivity contribution >= 4 is 5.69 Å². The number of nitrogens with one attached hydrogen (secondary N) is 1. The average molecular weight is 292 g/mol. The van der Waals surface area contributed by atoms with Gasteiger partial charge >= 0.3 is 0 Å². The zero-order chi connectivity index (χ0) is 15.4. The summed E-state index contributed by atoms with van der Waals surface area (Å²) in [6, 6.07) is 3.95. The molecule has 0 heterocycles. The van der Waals surface area contributed by atoms with Crippen molar-refractivity contribution in [1.29, 1.82) is 0 Å². The summed E-state index contributed by atoms with van der Waals surface area (Å²) in [5.74, 6) is 0.741. The molecule has 118 valence electrons. The number of halogens is 1. The molecule has 2 nitrogen and oxygen atoms in total. The van der Waals surface area contributed by atoms with Crippen LogP contribution in [0, 0.1) is 18.7 Å². The summed E-state index contributed by atoms with van der Waals surface area (Å²) in [4.78, 5) is 2.47. The van der Waals surface area contributed by atoms with Crippen LogP contribution in [0.15, 0.2) is 12.1 Å². The molecule has 0 amide bonds. The Morgan fingerprint density at radius 1 is 1.33 bits per heavy atom. The Balaban J connectivity index is 2.34. The minimum Gasteiger partial charge on any atom is -0.371 e. The number of anilines is 1. The van der Waals surface area contributed by atoms with Crippen LogP contribution in [-0.2, 0) is 0 Å². The summed E-state index contributed by atoms with van der Waals surface area (Å²) in [5.41, 5.74) is 3.06. The molecule has 1 unspecified atom stereocenters. The minimum atomic E-state index is -0.0960. The zero-order valence-electron chi connectivity index (χ0n) is 13.9. The third-order valence-corrected chi connectivity index (χ3v) is 4.29. The Kier molecular flexibility index (Phi) is 5.63. The molecule has 0 saturated heterocycles. The van der Waals surface area contributed by atoms with Crippen LogP contribution in [0.25, 0.3) is 0 Å². The number of hydrogen-bond acceptors (Lipinski definition) is 2. The van der Waals surface area contributed by atoms with Crippen LogP contribution >= 0.6 is 0 Å². The Morgan fingerprint density at radius 3 is 2.62 bits per heavy atom. The highest BCUT2D eigenvalue weighted by atomic mass is 19.1. The Bertz CT molecular complexity index is 469. The first-order chi connectivity index (χ1) is 10.1. The second-order valence-electron chi connectivity index (χ2n) is 6.33. The number of rotatable bonds is 8. The third-order valence-electron chi connectivity index (χ3n) is 4.29. The lowest BCUT2D eigenvalue weighted by atomic mass is 10.0. The molecule has 21 heavy (non-hydrogen) atoms. The molecule has 1 aliphatic rings. The van der Waals surface area contributed by atoms with Crippen LogP contribution in [-0.4, -0.2) is 19.6 Å². The van der Waals surface area contributed by atoms with Gasteiger partial charge in [0.25, 0.3) is 0 Å². The molecule has 2 rings (SSSR count). The average Bonchev–Trinajstić information content (AvgIpc) is 3.25. The van der Waals surface area contributed by atoms with E-state index in [4.69, 9.17) is 0 Å². The molecule has 0 aromatic heterocycles. The van der Waals surface area contributed by atoms with Crippen LogP contribution in [0.5, 0.6) is 0 Å². The molecule has 1 aromatic carbocycles. The lowest BCUT2D eigenvalue weighted by Gasteiger charge is -2.29. The Morgan fingerprint density at radius 2 is 2.05 bits per heavy atom. The van der Waals surface area contributed by atoms with Gasteiger partial charge in [-0.05, 0) is 68.8 Å². The van der Waals surface area contributed by atoms with Crippen molar-refractivity contribution in [3.8, 4) is 0 Å². The van der Waals surface area contributed by atoms with E-state index < -0.39 is 0 Å². The van der Waals surface area contributed by atoms with E-state index in [9.17, 15) is 4.39 Å². The largest absolute Gasteiger partial charge is 0.371 e. The highest BCUT2D eigenvalue weighted by Crippen LogP contribution is 2.35. The van der Waals surface area contributed by atoms with E-state index >= 15 is 0 Å². The minimum absolute atomic E-state index is 0.0960. The lowest BCUT2D eigenvalue weighted by Crippen LogP contribution is -2.29. The van der Waals surface area contributed by atoms with Crippen LogP contribution < -0.4 is 10.2 Å². The topological polar surface area (TPSA) is 15.3 Å². The van der Waals surface area contributed by atoms with Crippen LogP contribution in [0.1, 0.15) is 57.2 Å². The lowest BCUT2D eigenvalue weighted by molar-refractivity contribution is 0.575. The van der Waals surface area contributed by atoms with Gasteiger partial charge in [-0.25, -0.2) is 4.39 Å². The van der Waals surface area contributed by atoms with E-state index in [2.05, 4.69) is 31.0 Å². The number of nitrogens with zero attached hydrogens (tertiary/aromatic N) is 1. The van der Waals surface area contributed by atoms with Crippen molar-refractivity contribution in [3.05, 3.63) is 29.1 Å². The molecule has 1 aliphatic carbocycles. The Hall–Kier alpha value is -1.09. The fraction of sp³-hybridized carbons (Fsp3) is 0.667. The fourth-order valence-electron chi connectivity index (χ4n) is 2.91. The summed E-state index contributed by atoms with van der Waals surface area (Å²) >= 11 is 0. The van der Waals surface area contributed by atoms with E-state index in [0.717, 1.165) is 43.1 Å². The van der Waals surface area contributed by atoms with Gasteiger partial charge in [-0.15, -0.1) is 0 Å². The van der Waals surface area contributed by atoms with E-state index in [0.29, 0.717) is 0 Å². The van der Waals surface area contributed by atoms with Gasteiger partial charge in [0.05, 0.1) is 0 Å². The maximum absolute atomic E-state index is 14.0. The highest BCUT2D eigenvalue weighted by molar-refractivity contribution is 5.57. The highest BCUT2D eigenvalue weighted by Gasteiger charge is 2.26. The molecule has 0 bridgehead atoms. The second-order valence-corrected chi connectivity index (χ2v) is 6.33. The van der Waals surface area contributed by atoms with Crippen molar-refractivity contribution < 1.29 is 4.39 Å². The van der Waals surface area contributed by atoms with Crippen molar-refractivity contribution in [1.82, 2.24) is 5.32 Å². The summed E-state index contributed by atoms with van der Waals surface area (Å²) in [6.45, 7) is 11.4. The first kappa shape index (κ1) is 16.3. The molecule has 1 N–H and O–H groups in total. The van der Waals surface area contributed by atoms with Crippen LogP contribution in [0.2, 0.25) is 0 Å². The number of hydrogen-bond donors (Lipinski definition) is 1. The van der Waals surface area contributed by atoms with Crippen molar-refractivity contribution in [2.45, 2.75) is 53.0 Å². The van der Waals surface area contributed by atoms with E-state index in [1.54, 1.807) is 6.07 Å². The summed E-state index contributed by atoms with van der Waals surface area (Å²) in [5, 5.41) is 3.42. The van der Waals surface area contributed by atoms with E-state index in [1.807, 2.05) is 13.0 Å². The smallest absolute Gasteiger partial charge is 0.126 e. The second kappa shape index (κ2) is 7.26. The normalized spacial score (nSPS) is 16.0.